The predicted octanol–water partition coefficient (Wildman–Crippen LogP) is 4.05. The number of nitro benzene ring substituents is 1. The zero-order valence-electron chi connectivity index (χ0n) is 14.4. The number of carbonyl (C=O) groups excluding carboxylic acids is 2. The van der Waals surface area contributed by atoms with Crippen molar-refractivity contribution in [1.82, 2.24) is 0 Å². The molecule has 136 valence electrons. The van der Waals surface area contributed by atoms with Crippen LogP contribution < -0.4 is 5.32 Å². The number of halogens is 1. The number of hydrogen-bond donors (Lipinski definition) is 1. The number of carbonyl (C=O) groups is 2. The van der Waals surface area contributed by atoms with Crippen molar-refractivity contribution in [2.75, 3.05) is 5.32 Å². The van der Waals surface area contributed by atoms with E-state index in [2.05, 4.69) is 5.32 Å². The average Bonchev–Trinajstić information content (AvgIpc) is 2.58. The number of ether oxygens (including phenoxy) is 1. The summed E-state index contributed by atoms with van der Waals surface area (Å²) in [4.78, 5) is 34.6. The van der Waals surface area contributed by atoms with Crippen LogP contribution in [0.2, 0.25) is 5.02 Å². The van der Waals surface area contributed by atoms with Gasteiger partial charge in [0.05, 0.1) is 10.5 Å². The summed E-state index contributed by atoms with van der Waals surface area (Å²) in [6.45, 7) is 5.21. The van der Waals surface area contributed by atoms with Crippen molar-refractivity contribution in [1.29, 1.82) is 0 Å². The Morgan fingerprint density at radius 3 is 2.58 bits per heavy atom. The Morgan fingerprint density at radius 2 is 1.92 bits per heavy atom. The Hall–Kier alpha value is -2.93. The molecule has 1 N–H and O–H groups in total. The second-order valence-electron chi connectivity index (χ2n) is 5.71. The maximum absolute atomic E-state index is 12.3. The maximum atomic E-state index is 12.3. The van der Waals surface area contributed by atoms with E-state index in [-0.39, 0.29) is 10.6 Å². The first-order valence-electron chi connectivity index (χ1n) is 7.72. The fraction of sp³-hybridized carbons (Fsp3) is 0.222. The molecule has 1 amide bonds. The predicted molar refractivity (Wildman–Crippen MR) is 97.5 cm³/mol. The summed E-state index contributed by atoms with van der Waals surface area (Å²) in [5.74, 6) is -1.36. The minimum Gasteiger partial charge on any atom is -0.449 e. The Morgan fingerprint density at radius 1 is 1.23 bits per heavy atom. The van der Waals surface area contributed by atoms with Crippen molar-refractivity contribution in [3.05, 3.63) is 68.2 Å². The van der Waals surface area contributed by atoms with Crippen LogP contribution in [0.5, 0.6) is 0 Å². The van der Waals surface area contributed by atoms with E-state index in [1.54, 1.807) is 6.07 Å². The van der Waals surface area contributed by atoms with E-state index >= 15 is 0 Å². The van der Waals surface area contributed by atoms with Crippen LogP contribution in [0, 0.1) is 24.0 Å². The number of esters is 1. The zero-order valence-corrected chi connectivity index (χ0v) is 15.2. The van der Waals surface area contributed by atoms with Crippen molar-refractivity contribution in [2.45, 2.75) is 26.9 Å². The van der Waals surface area contributed by atoms with Crippen LogP contribution in [0.4, 0.5) is 11.4 Å². The largest absolute Gasteiger partial charge is 0.449 e. The molecular weight excluding hydrogens is 360 g/mol. The van der Waals surface area contributed by atoms with Gasteiger partial charge in [-0.1, -0.05) is 23.7 Å². The molecule has 0 aliphatic heterocycles. The van der Waals surface area contributed by atoms with E-state index in [1.165, 1.54) is 19.1 Å². The van der Waals surface area contributed by atoms with Gasteiger partial charge in [0.15, 0.2) is 6.10 Å². The van der Waals surface area contributed by atoms with Crippen LogP contribution in [0.3, 0.4) is 0 Å². The Kier molecular flexibility index (Phi) is 5.94. The van der Waals surface area contributed by atoms with E-state index in [0.717, 1.165) is 17.2 Å². The van der Waals surface area contributed by atoms with Gasteiger partial charge in [0.2, 0.25) is 0 Å². The molecule has 1 atom stereocenters. The summed E-state index contributed by atoms with van der Waals surface area (Å²) in [6.07, 6.45) is -1.09. The highest BCUT2D eigenvalue weighted by atomic mass is 35.5. The van der Waals surface area contributed by atoms with Gasteiger partial charge in [-0.25, -0.2) is 4.79 Å². The van der Waals surface area contributed by atoms with E-state index in [4.69, 9.17) is 16.3 Å². The van der Waals surface area contributed by atoms with Crippen LogP contribution >= 0.6 is 11.6 Å². The van der Waals surface area contributed by atoms with E-state index in [0.29, 0.717) is 5.69 Å². The number of rotatable bonds is 5. The fourth-order valence-corrected chi connectivity index (χ4v) is 2.37. The lowest BCUT2D eigenvalue weighted by Crippen LogP contribution is -2.30. The van der Waals surface area contributed by atoms with Crippen molar-refractivity contribution < 1.29 is 19.2 Å². The third-order valence-electron chi connectivity index (χ3n) is 3.89. The van der Waals surface area contributed by atoms with Crippen molar-refractivity contribution >= 4 is 34.9 Å². The summed E-state index contributed by atoms with van der Waals surface area (Å²) in [6, 6.07) is 9.02. The van der Waals surface area contributed by atoms with Crippen LogP contribution in [0.15, 0.2) is 36.4 Å². The molecule has 0 saturated heterocycles. The lowest BCUT2D eigenvalue weighted by molar-refractivity contribution is -0.384. The summed E-state index contributed by atoms with van der Waals surface area (Å²) in [5.41, 5.74) is 2.08. The van der Waals surface area contributed by atoms with Crippen LogP contribution in [-0.4, -0.2) is 22.9 Å². The van der Waals surface area contributed by atoms with Crippen LogP contribution in [0.1, 0.15) is 28.4 Å². The molecule has 0 aromatic heterocycles. The summed E-state index contributed by atoms with van der Waals surface area (Å²) < 4.78 is 5.10. The van der Waals surface area contributed by atoms with Crippen molar-refractivity contribution in [3.8, 4) is 0 Å². The SMILES string of the molecule is Cc1cccc(NC(=O)[C@@H](C)OC(=O)c2ccc(Cl)c([N+](=O)[O-])c2)c1C. The molecule has 2 rings (SSSR count). The topological polar surface area (TPSA) is 98.5 Å². The number of amides is 1. The minimum atomic E-state index is -1.09. The molecular formula is C18H17ClN2O5. The smallest absolute Gasteiger partial charge is 0.339 e. The third-order valence-corrected chi connectivity index (χ3v) is 4.21. The summed E-state index contributed by atoms with van der Waals surface area (Å²) in [5, 5.41) is 13.5. The molecule has 8 heteroatoms. The van der Waals surface area contributed by atoms with Crippen molar-refractivity contribution in [3.63, 3.8) is 0 Å². The number of nitro groups is 1. The zero-order chi connectivity index (χ0) is 19.4. The van der Waals surface area contributed by atoms with Gasteiger partial charge in [-0.3, -0.25) is 14.9 Å². The van der Waals surface area contributed by atoms with E-state index in [1.807, 2.05) is 26.0 Å². The average molecular weight is 377 g/mol. The maximum Gasteiger partial charge on any atom is 0.339 e. The molecule has 0 heterocycles. The lowest BCUT2D eigenvalue weighted by atomic mass is 10.1. The van der Waals surface area contributed by atoms with Gasteiger partial charge in [-0.05, 0) is 50.1 Å². The summed E-state index contributed by atoms with van der Waals surface area (Å²) in [7, 11) is 0. The number of aryl methyl sites for hydroxylation is 1. The van der Waals surface area contributed by atoms with Gasteiger partial charge in [0, 0.05) is 11.8 Å². The molecule has 0 saturated carbocycles. The second-order valence-corrected chi connectivity index (χ2v) is 6.11. The van der Waals surface area contributed by atoms with Crippen LogP contribution in [0.25, 0.3) is 0 Å². The highest BCUT2D eigenvalue weighted by molar-refractivity contribution is 6.32. The first-order chi connectivity index (χ1) is 12.2. The van der Waals surface area contributed by atoms with Gasteiger partial charge in [0.25, 0.3) is 11.6 Å². The standard InChI is InChI=1S/C18H17ClN2O5/c1-10-5-4-6-15(11(10)2)20-17(22)12(3)26-18(23)13-7-8-14(19)16(9-13)21(24)25/h4-9,12H,1-3H3,(H,20,22)/t12-/m1/s1. The number of hydrogen-bond acceptors (Lipinski definition) is 5. The highest BCUT2D eigenvalue weighted by Gasteiger charge is 2.22. The Bertz CT molecular complexity index is 882. The van der Waals surface area contributed by atoms with Gasteiger partial charge < -0.3 is 10.1 Å². The number of benzene rings is 2. The number of nitrogens with one attached hydrogen (secondary N) is 1. The molecule has 0 unspecified atom stereocenters. The third kappa shape index (κ3) is 4.37. The van der Waals surface area contributed by atoms with Gasteiger partial charge >= 0.3 is 5.97 Å². The monoisotopic (exact) mass is 376 g/mol. The highest BCUT2D eigenvalue weighted by Crippen LogP contribution is 2.25. The molecule has 0 aliphatic rings. The molecule has 0 aliphatic carbocycles. The van der Waals surface area contributed by atoms with Gasteiger partial charge in [-0.15, -0.1) is 0 Å². The number of nitrogens with zero attached hydrogens (tertiary/aromatic N) is 1. The minimum absolute atomic E-state index is 0.0625. The molecule has 2 aromatic rings. The second kappa shape index (κ2) is 7.97. The lowest BCUT2D eigenvalue weighted by Gasteiger charge is -2.15. The first kappa shape index (κ1) is 19.4. The molecule has 26 heavy (non-hydrogen) atoms. The molecule has 0 radical (unpaired) electrons. The van der Waals surface area contributed by atoms with E-state index in [9.17, 15) is 19.7 Å². The Balaban J connectivity index is 2.09. The van der Waals surface area contributed by atoms with Gasteiger partial charge in [-0.2, -0.15) is 0 Å². The van der Waals surface area contributed by atoms with Crippen molar-refractivity contribution in [2.24, 2.45) is 0 Å². The van der Waals surface area contributed by atoms with E-state index < -0.39 is 28.6 Å². The molecule has 0 bridgehead atoms. The first-order valence-corrected chi connectivity index (χ1v) is 8.10. The molecule has 7 nitrogen and oxygen atoms in total. The molecule has 2 aromatic carbocycles. The van der Waals surface area contributed by atoms with Crippen LogP contribution in [-0.2, 0) is 9.53 Å². The fourth-order valence-electron chi connectivity index (χ4n) is 2.18. The normalized spacial score (nSPS) is 11.5. The molecule has 0 fully saturated rings. The number of anilines is 1. The van der Waals surface area contributed by atoms with Gasteiger partial charge in [0.1, 0.15) is 5.02 Å². The molecule has 0 spiro atoms. The quantitative estimate of drug-likeness (QED) is 0.482. The summed E-state index contributed by atoms with van der Waals surface area (Å²) >= 11 is 5.71. The Labute approximate surface area is 155 Å².